The predicted octanol–water partition coefficient (Wildman–Crippen LogP) is 2.57. The van der Waals surface area contributed by atoms with Crippen molar-refractivity contribution >= 4 is 16.1 Å². The Morgan fingerprint density at radius 2 is 1.88 bits per heavy atom. The number of esters is 1. The first kappa shape index (κ1) is 18.1. The minimum absolute atomic E-state index is 0.0526. The van der Waals surface area contributed by atoms with Crippen molar-refractivity contribution in [3.8, 4) is 0 Å². The van der Waals surface area contributed by atoms with E-state index < -0.39 is 44.1 Å². The first-order valence-electron chi connectivity index (χ1n) is 8.72. The lowest BCUT2D eigenvalue weighted by Crippen LogP contribution is -2.65. The minimum atomic E-state index is -4.29. The third-order valence-corrected chi connectivity index (χ3v) is 8.63. The first-order chi connectivity index (χ1) is 10.9. The number of hydrogen-bond donors (Lipinski definition) is 1. The zero-order valence-electron chi connectivity index (χ0n) is 15.0. The Bertz CT molecular complexity index is 658. The van der Waals surface area contributed by atoms with Gasteiger partial charge in [0.05, 0.1) is 5.60 Å². The van der Waals surface area contributed by atoms with Gasteiger partial charge < -0.3 is 9.47 Å². The molecule has 0 radical (unpaired) electrons. The van der Waals surface area contributed by atoms with Crippen LogP contribution >= 0.6 is 0 Å². The number of rotatable bonds is 3. The summed E-state index contributed by atoms with van der Waals surface area (Å²) in [6, 6.07) is 0. The molecule has 2 saturated heterocycles. The van der Waals surface area contributed by atoms with Crippen LogP contribution in [0.5, 0.6) is 0 Å². The van der Waals surface area contributed by atoms with E-state index in [0.717, 1.165) is 12.8 Å². The molecule has 3 fully saturated rings. The van der Waals surface area contributed by atoms with Crippen LogP contribution in [0.1, 0.15) is 60.3 Å². The normalized spacial score (nSPS) is 47.7. The maximum atomic E-state index is 12.2. The summed E-state index contributed by atoms with van der Waals surface area (Å²) in [5, 5.41) is 0. The third-order valence-electron chi connectivity index (χ3n) is 6.98. The van der Waals surface area contributed by atoms with Crippen LogP contribution < -0.4 is 0 Å². The zero-order chi connectivity index (χ0) is 18.1. The van der Waals surface area contributed by atoms with Crippen LogP contribution in [0.4, 0.5) is 0 Å². The van der Waals surface area contributed by atoms with Gasteiger partial charge in [0, 0.05) is 12.8 Å². The molecular formula is C17H28O6S. The van der Waals surface area contributed by atoms with E-state index in [0.29, 0.717) is 12.8 Å². The standard InChI is InChI=1S/C17H28O6S/c1-10(2)17-9-8-15(4,23-17)12-6-7-16(5,24(19,20)21)13(12)14(17)22-11(3)18/h10,12-14H,6-9H2,1-5H3,(H,19,20,21)/t12-,13-,14+,15+,16+,17+/m1/s1. The summed E-state index contributed by atoms with van der Waals surface area (Å²) in [5.74, 6) is -0.887. The number of ether oxygens (including phenoxy) is 2. The van der Waals surface area contributed by atoms with Crippen molar-refractivity contribution in [3.05, 3.63) is 0 Å². The molecule has 2 bridgehead atoms. The molecule has 0 aromatic heterocycles. The van der Waals surface area contributed by atoms with Gasteiger partial charge in [0.25, 0.3) is 10.1 Å². The molecule has 0 unspecified atom stereocenters. The highest BCUT2D eigenvalue weighted by Crippen LogP contribution is 2.64. The topological polar surface area (TPSA) is 89.9 Å². The van der Waals surface area contributed by atoms with Gasteiger partial charge >= 0.3 is 5.97 Å². The Labute approximate surface area is 144 Å². The Balaban J connectivity index is 2.18. The molecule has 24 heavy (non-hydrogen) atoms. The summed E-state index contributed by atoms with van der Waals surface area (Å²) < 4.78 is 45.3. The molecule has 0 spiro atoms. The average molecular weight is 360 g/mol. The molecule has 6 atom stereocenters. The van der Waals surface area contributed by atoms with Gasteiger partial charge in [-0.2, -0.15) is 8.42 Å². The molecule has 138 valence electrons. The van der Waals surface area contributed by atoms with Crippen LogP contribution in [-0.4, -0.2) is 41.0 Å². The SMILES string of the molecule is CC(=O)O[C@H]1[C@H]2[C@@H](CC[C@]2(C)S(=O)(=O)O)[C@]2(C)CC[C@@]1(C(C)C)O2. The second-order valence-electron chi connectivity index (χ2n) is 8.51. The van der Waals surface area contributed by atoms with Gasteiger partial charge in [0.1, 0.15) is 16.5 Å². The van der Waals surface area contributed by atoms with Gasteiger partial charge in [0.15, 0.2) is 0 Å². The van der Waals surface area contributed by atoms with E-state index in [1.165, 1.54) is 6.92 Å². The monoisotopic (exact) mass is 360 g/mol. The van der Waals surface area contributed by atoms with E-state index in [1.807, 2.05) is 20.8 Å². The highest BCUT2D eigenvalue weighted by molar-refractivity contribution is 7.87. The molecule has 2 aliphatic heterocycles. The number of fused-ring (bicyclic) bond motifs is 4. The summed E-state index contributed by atoms with van der Waals surface area (Å²) in [5.41, 5.74) is -1.13. The molecule has 0 amide bonds. The van der Waals surface area contributed by atoms with Gasteiger partial charge in [-0.3, -0.25) is 9.35 Å². The van der Waals surface area contributed by atoms with E-state index in [9.17, 15) is 17.8 Å². The molecular weight excluding hydrogens is 332 g/mol. The fraction of sp³-hybridized carbons (Fsp3) is 0.941. The molecule has 1 N–H and O–H groups in total. The van der Waals surface area contributed by atoms with Gasteiger partial charge in [-0.15, -0.1) is 0 Å². The van der Waals surface area contributed by atoms with E-state index in [4.69, 9.17) is 9.47 Å². The first-order valence-corrected chi connectivity index (χ1v) is 10.2. The van der Waals surface area contributed by atoms with Crippen molar-refractivity contribution in [3.63, 3.8) is 0 Å². The van der Waals surface area contributed by atoms with Crippen molar-refractivity contribution < 1.29 is 27.2 Å². The highest BCUT2D eigenvalue weighted by Gasteiger charge is 2.72. The maximum Gasteiger partial charge on any atom is 0.303 e. The molecule has 2 heterocycles. The zero-order valence-corrected chi connectivity index (χ0v) is 15.9. The molecule has 1 saturated carbocycles. The Kier molecular flexibility index (Phi) is 3.91. The van der Waals surface area contributed by atoms with E-state index >= 15 is 0 Å². The molecule has 7 heteroatoms. The second kappa shape index (κ2) is 5.17. The van der Waals surface area contributed by atoms with Gasteiger partial charge in [-0.25, -0.2) is 0 Å². The number of carbonyl (C=O) groups is 1. The molecule has 1 aliphatic carbocycles. The van der Waals surface area contributed by atoms with Crippen molar-refractivity contribution in [2.75, 3.05) is 0 Å². The Morgan fingerprint density at radius 1 is 1.25 bits per heavy atom. The van der Waals surface area contributed by atoms with Crippen molar-refractivity contribution in [2.45, 2.75) is 82.4 Å². The third kappa shape index (κ3) is 2.20. The van der Waals surface area contributed by atoms with Crippen LogP contribution in [0.2, 0.25) is 0 Å². The van der Waals surface area contributed by atoms with Crippen molar-refractivity contribution in [1.82, 2.24) is 0 Å². The Morgan fingerprint density at radius 3 is 2.38 bits per heavy atom. The smallest absolute Gasteiger partial charge is 0.303 e. The number of hydrogen-bond acceptors (Lipinski definition) is 5. The fourth-order valence-corrected chi connectivity index (χ4v) is 6.57. The lowest BCUT2D eigenvalue weighted by molar-refractivity contribution is -0.257. The van der Waals surface area contributed by atoms with Crippen LogP contribution in [-0.2, 0) is 24.4 Å². The highest BCUT2D eigenvalue weighted by atomic mass is 32.2. The maximum absolute atomic E-state index is 12.2. The van der Waals surface area contributed by atoms with Crippen molar-refractivity contribution in [2.24, 2.45) is 17.8 Å². The average Bonchev–Trinajstić information content (AvgIpc) is 2.94. The molecule has 3 aliphatic rings. The van der Waals surface area contributed by atoms with Crippen LogP contribution in [0.15, 0.2) is 0 Å². The summed E-state index contributed by atoms with van der Waals surface area (Å²) in [6.45, 7) is 9.00. The van der Waals surface area contributed by atoms with Gasteiger partial charge in [-0.1, -0.05) is 13.8 Å². The fourth-order valence-electron chi connectivity index (χ4n) is 5.56. The molecule has 0 aromatic rings. The lowest BCUT2D eigenvalue weighted by Gasteiger charge is -2.54. The van der Waals surface area contributed by atoms with Crippen molar-refractivity contribution in [1.29, 1.82) is 0 Å². The summed E-state index contributed by atoms with van der Waals surface area (Å²) in [4.78, 5) is 11.8. The summed E-state index contributed by atoms with van der Waals surface area (Å²) in [6.07, 6.45) is 1.87. The Hall–Kier alpha value is -0.660. The van der Waals surface area contributed by atoms with E-state index in [1.54, 1.807) is 6.92 Å². The molecule has 6 nitrogen and oxygen atoms in total. The van der Waals surface area contributed by atoms with E-state index in [2.05, 4.69) is 0 Å². The summed E-state index contributed by atoms with van der Waals surface area (Å²) in [7, 11) is -4.29. The van der Waals surface area contributed by atoms with Gasteiger partial charge in [-0.05, 0) is 51.4 Å². The van der Waals surface area contributed by atoms with E-state index in [-0.39, 0.29) is 11.8 Å². The lowest BCUT2D eigenvalue weighted by atomic mass is 9.69. The largest absolute Gasteiger partial charge is 0.459 e. The van der Waals surface area contributed by atoms with Crippen LogP contribution in [0.3, 0.4) is 0 Å². The quantitative estimate of drug-likeness (QED) is 0.614. The summed E-state index contributed by atoms with van der Waals surface area (Å²) >= 11 is 0. The molecule has 3 rings (SSSR count). The predicted molar refractivity (Wildman–Crippen MR) is 88.0 cm³/mol. The van der Waals surface area contributed by atoms with Gasteiger partial charge in [0.2, 0.25) is 0 Å². The van der Waals surface area contributed by atoms with Crippen LogP contribution in [0.25, 0.3) is 0 Å². The number of carbonyl (C=O) groups excluding carboxylic acids is 1. The second-order valence-corrected chi connectivity index (χ2v) is 10.4. The van der Waals surface area contributed by atoms with Crippen LogP contribution in [0, 0.1) is 17.8 Å². The molecule has 0 aromatic carbocycles. The minimum Gasteiger partial charge on any atom is -0.459 e.